The number of hydrogen-bond acceptors (Lipinski definition) is 2. The highest BCUT2D eigenvalue weighted by Crippen LogP contribution is 2.11. The molecule has 122 valence electrons. The first-order valence-electron chi connectivity index (χ1n) is 7.42. The maximum Gasteiger partial charge on any atom is 0.192 e. The predicted molar refractivity (Wildman–Crippen MR) is 103 cm³/mol. The molecule has 22 heavy (non-hydrogen) atoms. The van der Waals surface area contributed by atoms with Crippen LogP contribution in [0.25, 0.3) is 0 Å². The molecular weight excluding hydrogens is 389 g/mol. The largest absolute Gasteiger partial charge is 0.377 e. The molecule has 2 N–H and O–H groups in total. The molecule has 0 bridgehead atoms. The zero-order valence-electron chi connectivity index (χ0n) is 13.4. The Bertz CT molecular complexity index is 483. The lowest BCUT2D eigenvalue weighted by Gasteiger charge is -2.11. The van der Waals surface area contributed by atoms with Crippen molar-refractivity contribution in [2.45, 2.75) is 33.4 Å². The molecule has 0 aromatic heterocycles. The van der Waals surface area contributed by atoms with Crippen LogP contribution in [-0.2, 0) is 17.9 Å². The third-order valence-corrected chi connectivity index (χ3v) is 2.83. The Labute approximate surface area is 151 Å². The molecule has 0 radical (unpaired) electrons. The highest BCUT2D eigenvalue weighted by molar-refractivity contribution is 14.0. The first kappa shape index (κ1) is 20.7. The zero-order valence-corrected chi connectivity index (χ0v) is 15.7. The number of ether oxygens (including phenoxy) is 1. The molecule has 0 aliphatic heterocycles. The van der Waals surface area contributed by atoms with Crippen LogP contribution in [0.4, 0.5) is 0 Å². The van der Waals surface area contributed by atoms with E-state index >= 15 is 0 Å². The third kappa shape index (κ3) is 8.25. The number of nitrogens with one attached hydrogen (secondary N) is 2. The minimum Gasteiger partial charge on any atom is -0.377 e. The van der Waals surface area contributed by atoms with E-state index in [9.17, 15) is 0 Å². The van der Waals surface area contributed by atoms with E-state index in [1.165, 1.54) is 11.1 Å². The fourth-order valence-electron chi connectivity index (χ4n) is 1.82. The molecule has 0 atom stereocenters. The quantitative estimate of drug-likeness (QED) is 0.226. The summed E-state index contributed by atoms with van der Waals surface area (Å²) in [5, 5.41) is 6.26. The zero-order chi connectivity index (χ0) is 15.3. The second-order valence-corrected chi connectivity index (χ2v) is 4.57. The van der Waals surface area contributed by atoms with E-state index in [2.05, 4.69) is 40.6 Å². The van der Waals surface area contributed by atoms with E-state index in [0.717, 1.165) is 25.5 Å². The number of aliphatic imine (C=N–C) groups is 1. The number of halogens is 1. The van der Waals surface area contributed by atoms with Crippen LogP contribution >= 0.6 is 24.0 Å². The molecule has 0 spiro atoms. The Morgan fingerprint density at radius 2 is 1.95 bits per heavy atom. The molecule has 0 fully saturated rings. The standard InChI is InChI=1S/C17H25N3O.HI/c1-4-11-19-17(18-6-3)20-13-15-9-7-8-10-16(15)14-21-12-5-2;/h1,7-10H,5-6,11-14H2,2-3H3,(H2,18,19,20);1H. The molecule has 4 nitrogen and oxygen atoms in total. The second-order valence-electron chi connectivity index (χ2n) is 4.57. The van der Waals surface area contributed by atoms with E-state index in [1.807, 2.05) is 19.1 Å². The molecule has 0 aliphatic rings. The number of rotatable bonds is 8. The Morgan fingerprint density at radius 3 is 2.59 bits per heavy atom. The third-order valence-electron chi connectivity index (χ3n) is 2.83. The van der Waals surface area contributed by atoms with Crippen molar-refractivity contribution in [1.82, 2.24) is 10.6 Å². The van der Waals surface area contributed by atoms with Crippen molar-refractivity contribution in [1.29, 1.82) is 0 Å². The van der Waals surface area contributed by atoms with Gasteiger partial charge in [0.1, 0.15) is 0 Å². The average molecular weight is 415 g/mol. The molecule has 1 aromatic carbocycles. The van der Waals surface area contributed by atoms with Gasteiger partial charge in [-0.1, -0.05) is 37.1 Å². The van der Waals surface area contributed by atoms with Crippen LogP contribution in [0.5, 0.6) is 0 Å². The van der Waals surface area contributed by atoms with Gasteiger partial charge in [-0.3, -0.25) is 0 Å². The minimum absolute atomic E-state index is 0. The van der Waals surface area contributed by atoms with E-state index in [-0.39, 0.29) is 24.0 Å². The molecule has 0 heterocycles. The van der Waals surface area contributed by atoms with E-state index in [1.54, 1.807) is 0 Å². The Kier molecular flexibility index (Phi) is 12.6. The lowest BCUT2D eigenvalue weighted by atomic mass is 10.1. The van der Waals surface area contributed by atoms with Gasteiger partial charge in [-0.15, -0.1) is 30.4 Å². The van der Waals surface area contributed by atoms with Gasteiger partial charge in [0.15, 0.2) is 5.96 Å². The van der Waals surface area contributed by atoms with Crippen molar-refractivity contribution in [3.63, 3.8) is 0 Å². The molecule has 0 amide bonds. The molecule has 1 rings (SSSR count). The smallest absolute Gasteiger partial charge is 0.192 e. The number of hydrogen-bond donors (Lipinski definition) is 2. The summed E-state index contributed by atoms with van der Waals surface area (Å²) in [6, 6.07) is 8.22. The predicted octanol–water partition coefficient (Wildman–Crippen LogP) is 2.92. The highest BCUT2D eigenvalue weighted by atomic mass is 127. The number of nitrogens with zero attached hydrogens (tertiary/aromatic N) is 1. The first-order valence-corrected chi connectivity index (χ1v) is 7.42. The van der Waals surface area contributed by atoms with E-state index in [4.69, 9.17) is 11.2 Å². The summed E-state index contributed by atoms with van der Waals surface area (Å²) in [5.74, 6) is 3.28. The van der Waals surface area contributed by atoms with Gasteiger partial charge in [-0.25, -0.2) is 4.99 Å². The van der Waals surface area contributed by atoms with Gasteiger partial charge in [0.2, 0.25) is 0 Å². The molecule has 0 saturated heterocycles. The second kappa shape index (κ2) is 13.4. The maximum atomic E-state index is 5.62. The van der Waals surface area contributed by atoms with Crippen molar-refractivity contribution < 1.29 is 4.74 Å². The van der Waals surface area contributed by atoms with Gasteiger partial charge in [0, 0.05) is 13.2 Å². The van der Waals surface area contributed by atoms with Crippen LogP contribution < -0.4 is 10.6 Å². The molecule has 0 aliphatic carbocycles. The summed E-state index contributed by atoms with van der Waals surface area (Å²) in [6.07, 6.45) is 6.29. The fraction of sp³-hybridized carbons (Fsp3) is 0.471. The molecule has 0 unspecified atom stereocenters. The lowest BCUT2D eigenvalue weighted by molar-refractivity contribution is 0.121. The summed E-state index contributed by atoms with van der Waals surface area (Å²) in [6.45, 7) is 7.42. The minimum atomic E-state index is 0. The number of guanidine groups is 1. The van der Waals surface area contributed by atoms with Gasteiger partial charge in [0.25, 0.3) is 0 Å². The van der Waals surface area contributed by atoms with E-state index < -0.39 is 0 Å². The summed E-state index contributed by atoms with van der Waals surface area (Å²) in [7, 11) is 0. The monoisotopic (exact) mass is 415 g/mol. The summed E-state index contributed by atoms with van der Waals surface area (Å²) in [4.78, 5) is 4.55. The van der Waals surface area contributed by atoms with Crippen molar-refractivity contribution in [3.05, 3.63) is 35.4 Å². The SMILES string of the molecule is C#CCNC(=NCc1ccccc1COCCC)NCC.I. The summed E-state index contributed by atoms with van der Waals surface area (Å²) in [5.41, 5.74) is 2.36. The van der Waals surface area contributed by atoms with Crippen LogP contribution in [0.2, 0.25) is 0 Å². The van der Waals surface area contributed by atoms with Gasteiger partial charge in [0.05, 0.1) is 19.7 Å². The lowest BCUT2D eigenvalue weighted by Crippen LogP contribution is -2.37. The Hall–Kier alpha value is -1.26. The van der Waals surface area contributed by atoms with Gasteiger partial charge >= 0.3 is 0 Å². The van der Waals surface area contributed by atoms with Crippen molar-refractivity contribution in [3.8, 4) is 12.3 Å². The summed E-state index contributed by atoms with van der Waals surface area (Å²) < 4.78 is 5.62. The van der Waals surface area contributed by atoms with Crippen LogP contribution in [0.3, 0.4) is 0 Å². The van der Waals surface area contributed by atoms with Crippen LogP contribution in [0, 0.1) is 12.3 Å². The van der Waals surface area contributed by atoms with E-state index in [0.29, 0.717) is 19.7 Å². The Morgan fingerprint density at radius 1 is 1.23 bits per heavy atom. The van der Waals surface area contributed by atoms with Crippen molar-refractivity contribution >= 4 is 29.9 Å². The first-order chi connectivity index (χ1) is 10.3. The topological polar surface area (TPSA) is 45.7 Å². The van der Waals surface area contributed by atoms with Crippen LogP contribution in [0.1, 0.15) is 31.4 Å². The molecule has 1 aromatic rings. The van der Waals surface area contributed by atoms with Crippen molar-refractivity contribution in [2.24, 2.45) is 4.99 Å². The van der Waals surface area contributed by atoms with Crippen LogP contribution in [-0.4, -0.2) is 25.7 Å². The van der Waals surface area contributed by atoms with Crippen molar-refractivity contribution in [2.75, 3.05) is 19.7 Å². The highest BCUT2D eigenvalue weighted by Gasteiger charge is 2.02. The molecule has 0 saturated carbocycles. The van der Waals surface area contributed by atoms with Crippen LogP contribution in [0.15, 0.2) is 29.3 Å². The summed E-state index contributed by atoms with van der Waals surface area (Å²) >= 11 is 0. The fourth-order valence-corrected chi connectivity index (χ4v) is 1.82. The van der Waals surface area contributed by atoms with Gasteiger partial charge in [-0.2, -0.15) is 0 Å². The number of terminal acetylenes is 1. The maximum absolute atomic E-state index is 5.62. The van der Waals surface area contributed by atoms with Gasteiger partial charge < -0.3 is 15.4 Å². The van der Waals surface area contributed by atoms with Gasteiger partial charge in [-0.05, 0) is 24.5 Å². The average Bonchev–Trinajstić information content (AvgIpc) is 2.51. The Balaban J connectivity index is 0.00000441. The normalized spacial score (nSPS) is 10.5. The molecular formula is C17H26IN3O. The molecule has 5 heteroatoms. The number of benzene rings is 1.